The Kier molecular flexibility index (Phi) is 5.17. The van der Waals surface area contributed by atoms with E-state index in [1.165, 1.54) is 6.07 Å². The van der Waals surface area contributed by atoms with Crippen LogP contribution in [0.3, 0.4) is 0 Å². The van der Waals surface area contributed by atoms with E-state index in [-0.39, 0.29) is 17.0 Å². The Morgan fingerprint density at radius 3 is 2.36 bits per heavy atom. The summed E-state index contributed by atoms with van der Waals surface area (Å²) < 4.78 is 32.7. The first-order valence-electron chi connectivity index (χ1n) is 10.6. The molecule has 0 saturated carbocycles. The second-order valence-electron chi connectivity index (χ2n) is 7.88. The maximum absolute atomic E-state index is 14.0. The van der Waals surface area contributed by atoms with Gasteiger partial charge in [-0.05, 0) is 54.3 Å². The molecule has 5 rings (SSSR count). The predicted molar refractivity (Wildman–Crippen MR) is 121 cm³/mol. The summed E-state index contributed by atoms with van der Waals surface area (Å²) in [7, 11) is 1.54. The first-order valence-corrected chi connectivity index (χ1v) is 10.6. The van der Waals surface area contributed by atoms with Crippen LogP contribution >= 0.6 is 0 Å². The number of carbonyl (C=O) groups is 2. The first-order chi connectivity index (χ1) is 16.0. The number of imide groups is 1. The number of amides is 2. The number of para-hydroxylation sites is 1. The van der Waals surface area contributed by atoms with Crippen molar-refractivity contribution in [1.82, 2.24) is 0 Å². The zero-order chi connectivity index (χ0) is 23.1. The fourth-order valence-corrected chi connectivity index (χ4v) is 4.41. The van der Waals surface area contributed by atoms with E-state index in [2.05, 4.69) is 0 Å². The van der Waals surface area contributed by atoms with Crippen LogP contribution in [0, 0.1) is 11.6 Å². The molecule has 2 heterocycles. The van der Waals surface area contributed by atoms with Crippen molar-refractivity contribution in [3.8, 4) is 5.75 Å². The fraction of sp³-hybridized carbons (Fsp3) is 0.154. The Labute approximate surface area is 189 Å². The molecule has 0 fully saturated rings. The molecule has 5 nitrogen and oxygen atoms in total. The van der Waals surface area contributed by atoms with Gasteiger partial charge in [-0.2, -0.15) is 0 Å². The molecule has 3 aromatic rings. The zero-order valence-electron chi connectivity index (χ0n) is 17.8. The van der Waals surface area contributed by atoms with Crippen LogP contribution in [0.5, 0.6) is 5.75 Å². The van der Waals surface area contributed by atoms with Crippen molar-refractivity contribution in [2.75, 3.05) is 23.5 Å². The molecule has 0 saturated heterocycles. The Balaban J connectivity index is 1.68. The summed E-state index contributed by atoms with van der Waals surface area (Å²) in [5.74, 6) is -2.73. The van der Waals surface area contributed by atoms with Gasteiger partial charge >= 0.3 is 0 Å². The smallest absolute Gasteiger partial charge is 0.282 e. The SMILES string of the molecule is COc1ccc(C2=C(N3CCCc4ccccc43)C(=O)N(c3ccc(F)c(F)c3)C2=O)cc1. The number of rotatable bonds is 4. The topological polar surface area (TPSA) is 49.9 Å². The number of benzene rings is 3. The van der Waals surface area contributed by atoms with Gasteiger partial charge in [-0.15, -0.1) is 0 Å². The van der Waals surface area contributed by atoms with Crippen LogP contribution in [0.15, 0.2) is 72.4 Å². The molecule has 166 valence electrons. The van der Waals surface area contributed by atoms with Crippen molar-refractivity contribution >= 4 is 28.8 Å². The highest BCUT2D eigenvalue weighted by Crippen LogP contribution is 2.40. The number of aryl methyl sites for hydroxylation is 1. The van der Waals surface area contributed by atoms with Crippen molar-refractivity contribution in [2.45, 2.75) is 12.8 Å². The molecule has 0 spiro atoms. The molecule has 2 amide bonds. The minimum Gasteiger partial charge on any atom is -0.497 e. The van der Waals surface area contributed by atoms with Gasteiger partial charge in [0.2, 0.25) is 0 Å². The first kappa shape index (κ1) is 20.9. The van der Waals surface area contributed by atoms with Crippen molar-refractivity contribution in [1.29, 1.82) is 0 Å². The molecule has 0 N–H and O–H groups in total. The third-order valence-corrected chi connectivity index (χ3v) is 5.98. The number of ether oxygens (including phenoxy) is 1. The van der Waals surface area contributed by atoms with Gasteiger partial charge in [-0.3, -0.25) is 9.59 Å². The summed E-state index contributed by atoms with van der Waals surface area (Å²) in [5, 5.41) is 0. The molecule has 7 heteroatoms. The Hall–Kier alpha value is -4.00. The van der Waals surface area contributed by atoms with Crippen LogP contribution in [-0.2, 0) is 16.0 Å². The van der Waals surface area contributed by atoms with Crippen LogP contribution in [0.4, 0.5) is 20.2 Å². The highest BCUT2D eigenvalue weighted by atomic mass is 19.2. The summed E-state index contributed by atoms with van der Waals surface area (Å²) in [6.45, 7) is 0.552. The number of nitrogens with zero attached hydrogens (tertiary/aromatic N) is 2. The summed E-state index contributed by atoms with van der Waals surface area (Å²) in [6, 6.07) is 17.6. The third-order valence-electron chi connectivity index (χ3n) is 5.98. The van der Waals surface area contributed by atoms with E-state index in [0.717, 1.165) is 41.1 Å². The minimum absolute atomic E-state index is 0.0183. The molecule has 0 bridgehead atoms. The van der Waals surface area contributed by atoms with Gasteiger partial charge in [-0.25, -0.2) is 13.7 Å². The van der Waals surface area contributed by atoms with Crippen LogP contribution in [0.1, 0.15) is 17.5 Å². The molecule has 2 aliphatic heterocycles. The predicted octanol–water partition coefficient (Wildman–Crippen LogP) is 4.71. The average Bonchev–Trinajstić information content (AvgIpc) is 3.10. The molecule has 2 aliphatic rings. The quantitative estimate of drug-likeness (QED) is 0.545. The van der Waals surface area contributed by atoms with Crippen LogP contribution < -0.4 is 14.5 Å². The molecule has 0 unspecified atom stereocenters. The number of hydrogen-bond donors (Lipinski definition) is 0. The Morgan fingerprint density at radius 2 is 1.64 bits per heavy atom. The third kappa shape index (κ3) is 3.46. The normalized spacial score (nSPS) is 15.8. The van der Waals surface area contributed by atoms with E-state index in [0.29, 0.717) is 17.9 Å². The second kappa shape index (κ2) is 8.16. The van der Waals surface area contributed by atoms with Gasteiger partial charge in [0.1, 0.15) is 11.4 Å². The second-order valence-corrected chi connectivity index (χ2v) is 7.88. The molecule has 0 aliphatic carbocycles. The van der Waals surface area contributed by atoms with Crippen molar-refractivity contribution in [2.24, 2.45) is 0 Å². The van der Waals surface area contributed by atoms with Gasteiger partial charge < -0.3 is 9.64 Å². The fourth-order valence-electron chi connectivity index (χ4n) is 4.41. The van der Waals surface area contributed by atoms with Gasteiger partial charge in [-0.1, -0.05) is 30.3 Å². The number of halogens is 2. The van der Waals surface area contributed by atoms with Crippen LogP contribution in [-0.4, -0.2) is 25.5 Å². The monoisotopic (exact) mass is 446 g/mol. The lowest BCUT2D eigenvalue weighted by Crippen LogP contribution is -2.37. The van der Waals surface area contributed by atoms with Crippen molar-refractivity contribution in [3.05, 3.63) is 95.2 Å². The summed E-state index contributed by atoms with van der Waals surface area (Å²) >= 11 is 0. The lowest BCUT2D eigenvalue weighted by molar-refractivity contribution is -0.120. The van der Waals surface area contributed by atoms with Crippen LogP contribution in [0.2, 0.25) is 0 Å². The van der Waals surface area contributed by atoms with E-state index >= 15 is 0 Å². The summed E-state index contributed by atoms with van der Waals surface area (Å²) in [6.07, 6.45) is 1.68. The van der Waals surface area contributed by atoms with E-state index in [1.54, 1.807) is 31.4 Å². The lowest BCUT2D eigenvalue weighted by atomic mass is 9.98. The van der Waals surface area contributed by atoms with E-state index in [4.69, 9.17) is 4.74 Å². The maximum atomic E-state index is 14.0. The standard InChI is InChI=1S/C26H20F2N2O3/c1-33-19-11-8-17(9-12-19)23-24(29-14-4-6-16-5-2-3-7-22(16)29)26(32)30(25(23)31)18-10-13-20(27)21(28)15-18/h2-3,5,7-13,15H,4,6,14H2,1H3. The van der Waals surface area contributed by atoms with Gasteiger partial charge in [0.15, 0.2) is 11.6 Å². The maximum Gasteiger partial charge on any atom is 0.282 e. The van der Waals surface area contributed by atoms with Crippen molar-refractivity contribution in [3.63, 3.8) is 0 Å². The molecule has 0 aromatic heterocycles. The molecule has 0 radical (unpaired) electrons. The number of hydrogen-bond acceptors (Lipinski definition) is 4. The molecule has 0 atom stereocenters. The highest BCUT2D eigenvalue weighted by Gasteiger charge is 2.43. The zero-order valence-corrected chi connectivity index (χ0v) is 17.8. The van der Waals surface area contributed by atoms with Crippen LogP contribution in [0.25, 0.3) is 5.57 Å². The van der Waals surface area contributed by atoms with E-state index in [9.17, 15) is 18.4 Å². The number of anilines is 2. The van der Waals surface area contributed by atoms with E-state index < -0.39 is 23.4 Å². The molecule has 3 aromatic carbocycles. The number of methoxy groups -OCH3 is 1. The van der Waals surface area contributed by atoms with Gasteiger partial charge in [0.05, 0.1) is 18.4 Å². The average molecular weight is 446 g/mol. The number of carbonyl (C=O) groups excluding carboxylic acids is 2. The Morgan fingerprint density at radius 1 is 0.879 bits per heavy atom. The Bertz CT molecular complexity index is 1300. The molecule has 33 heavy (non-hydrogen) atoms. The highest BCUT2D eigenvalue weighted by molar-refractivity contribution is 6.46. The minimum atomic E-state index is -1.13. The van der Waals surface area contributed by atoms with E-state index in [1.807, 2.05) is 29.2 Å². The van der Waals surface area contributed by atoms with Crippen molar-refractivity contribution < 1.29 is 23.1 Å². The molecular weight excluding hydrogens is 426 g/mol. The lowest BCUT2D eigenvalue weighted by Gasteiger charge is -2.32. The van der Waals surface area contributed by atoms with Gasteiger partial charge in [0.25, 0.3) is 11.8 Å². The number of fused-ring (bicyclic) bond motifs is 1. The summed E-state index contributed by atoms with van der Waals surface area (Å²) in [4.78, 5) is 30.1. The largest absolute Gasteiger partial charge is 0.497 e. The van der Waals surface area contributed by atoms with Gasteiger partial charge in [0, 0.05) is 18.3 Å². The summed E-state index contributed by atoms with van der Waals surface area (Å²) in [5.41, 5.74) is 2.90. The molecular formula is C26H20F2N2O3.